The van der Waals surface area contributed by atoms with Crippen LogP contribution in [0.1, 0.15) is 0 Å². The standard InChI is InChI=1S/C13H11O.K/c1-2-9-14-13-8-7-11-5-3-4-6-12(11)10-13;/h2-5,7-8,10H,1,9H2;. The van der Waals surface area contributed by atoms with Gasteiger partial charge in [0.2, 0.25) is 0 Å². The van der Waals surface area contributed by atoms with E-state index in [2.05, 4.69) is 36.9 Å². The molecule has 0 aliphatic rings. The van der Waals surface area contributed by atoms with Gasteiger partial charge in [-0.2, -0.15) is 0 Å². The average Bonchev–Trinajstić information content (AvgIpc) is 2.27. The van der Waals surface area contributed by atoms with Gasteiger partial charge in [-0.25, -0.2) is 0 Å². The van der Waals surface area contributed by atoms with E-state index in [1.54, 1.807) is 6.08 Å². The van der Waals surface area contributed by atoms with E-state index in [-0.39, 0.29) is 0 Å². The van der Waals surface area contributed by atoms with Gasteiger partial charge in [-0.05, 0) is 0 Å². The topological polar surface area (TPSA) is 9.23 Å². The zero-order chi connectivity index (χ0) is 10.7. The summed E-state index contributed by atoms with van der Waals surface area (Å²) in [6.07, 6.45) is 1.76. The van der Waals surface area contributed by atoms with Crippen molar-refractivity contribution in [3.05, 3.63) is 49.1 Å². The molecule has 0 N–H and O–H groups in total. The van der Waals surface area contributed by atoms with Crippen LogP contribution in [0.5, 0.6) is 5.75 Å². The number of rotatable bonds is 3. The van der Waals surface area contributed by atoms with Gasteiger partial charge in [0, 0.05) is 0 Å². The monoisotopic (exact) mass is 222 g/mol. The third-order valence-corrected chi connectivity index (χ3v) is 3.80. The predicted octanol–water partition coefficient (Wildman–Crippen LogP) is 2.20. The first kappa shape index (κ1) is 11.4. The minimum absolute atomic E-state index is 0.568. The molecule has 0 amide bonds. The molecule has 70 valence electrons. The van der Waals surface area contributed by atoms with Crippen molar-refractivity contribution in [3.63, 3.8) is 0 Å². The second-order valence-electron chi connectivity index (χ2n) is 3.56. The van der Waals surface area contributed by atoms with E-state index >= 15 is 0 Å². The van der Waals surface area contributed by atoms with Gasteiger partial charge in [0.1, 0.15) is 0 Å². The molecule has 0 fully saturated rings. The number of hydrogen-bond acceptors (Lipinski definition) is 1. The number of fused-ring (bicyclic) bond motifs is 1. The van der Waals surface area contributed by atoms with Crippen LogP contribution < -0.4 is 4.39 Å². The van der Waals surface area contributed by atoms with Crippen molar-refractivity contribution in [2.75, 3.05) is 6.61 Å². The Labute approximate surface area is 124 Å². The SMILES string of the molecule is C=CCOc1ccc2ccc[c]([K])c2c1. The molecule has 0 saturated heterocycles. The fourth-order valence-electron chi connectivity index (χ4n) is 1.65. The third kappa shape index (κ3) is 2.71. The molecule has 0 aliphatic heterocycles. The fraction of sp³-hybridized carbons (Fsp3) is 0.0769. The molecule has 0 bridgehead atoms. The Hall–Kier alpha value is -0.124. The van der Waals surface area contributed by atoms with Crippen LogP contribution in [0.2, 0.25) is 0 Å². The summed E-state index contributed by atoms with van der Waals surface area (Å²) in [5.74, 6) is 0.930. The molecule has 0 aromatic heterocycles. The molecule has 2 heteroatoms. The molecule has 0 spiro atoms. The first-order chi connectivity index (χ1) is 7.31. The molecule has 15 heavy (non-hydrogen) atoms. The summed E-state index contributed by atoms with van der Waals surface area (Å²) in [4.78, 5) is 0. The molecule has 2 aromatic rings. The van der Waals surface area contributed by atoms with Crippen molar-refractivity contribution < 1.29 is 4.74 Å². The predicted molar refractivity (Wildman–Crippen MR) is 65.0 cm³/mol. The molecule has 0 aliphatic carbocycles. The summed E-state index contributed by atoms with van der Waals surface area (Å²) in [7, 11) is 0. The number of hydrogen-bond donors (Lipinski definition) is 0. The maximum absolute atomic E-state index is 5.52. The normalized spacial score (nSPS) is 10.3. The maximum atomic E-state index is 5.52. The van der Waals surface area contributed by atoms with Crippen LogP contribution >= 0.6 is 0 Å². The van der Waals surface area contributed by atoms with Gasteiger partial charge in [0.25, 0.3) is 0 Å². The minimum atomic E-state index is 0.568. The second-order valence-corrected chi connectivity index (χ2v) is 5.24. The van der Waals surface area contributed by atoms with Gasteiger partial charge in [-0.1, -0.05) is 0 Å². The molecule has 0 heterocycles. The van der Waals surface area contributed by atoms with Crippen LogP contribution in [0.4, 0.5) is 0 Å². The van der Waals surface area contributed by atoms with E-state index in [0.717, 1.165) is 5.75 Å². The Kier molecular flexibility index (Phi) is 4.00. The van der Waals surface area contributed by atoms with Crippen LogP contribution in [-0.4, -0.2) is 55.6 Å². The summed E-state index contributed by atoms with van der Waals surface area (Å²) in [6.45, 7) is 4.21. The van der Waals surface area contributed by atoms with Crippen molar-refractivity contribution in [2.45, 2.75) is 0 Å². The summed E-state index contributed by atoms with van der Waals surface area (Å²) in [5.41, 5.74) is 0. The van der Waals surface area contributed by atoms with Gasteiger partial charge in [-0.15, -0.1) is 0 Å². The Morgan fingerprint density at radius 1 is 1.27 bits per heavy atom. The van der Waals surface area contributed by atoms with E-state index < -0.39 is 0 Å². The van der Waals surface area contributed by atoms with Crippen LogP contribution in [0, 0.1) is 0 Å². The van der Waals surface area contributed by atoms with Gasteiger partial charge >= 0.3 is 126 Å². The molecule has 1 nitrogen and oxygen atoms in total. The first-order valence-corrected chi connectivity index (χ1v) is 6.60. The Morgan fingerprint density at radius 2 is 2.13 bits per heavy atom. The molecular formula is C13H11KO. The second kappa shape index (κ2) is 5.28. The van der Waals surface area contributed by atoms with Crippen molar-refractivity contribution >= 4 is 59.4 Å². The summed E-state index contributed by atoms with van der Waals surface area (Å²) in [5, 5.41) is 2.63. The van der Waals surface area contributed by atoms with Gasteiger partial charge in [0.05, 0.1) is 0 Å². The quantitative estimate of drug-likeness (QED) is 0.571. The summed E-state index contributed by atoms with van der Waals surface area (Å²) in [6, 6.07) is 12.7. The van der Waals surface area contributed by atoms with E-state index in [0.29, 0.717) is 55.6 Å². The van der Waals surface area contributed by atoms with Crippen molar-refractivity contribution in [1.29, 1.82) is 0 Å². The van der Waals surface area contributed by atoms with Crippen molar-refractivity contribution in [1.82, 2.24) is 0 Å². The van der Waals surface area contributed by atoms with Gasteiger partial charge < -0.3 is 0 Å². The zero-order valence-corrected chi connectivity index (χ0v) is 12.0. The summed E-state index contributed by atoms with van der Waals surface area (Å²) < 4.78 is 6.98. The molecule has 0 saturated carbocycles. The zero-order valence-electron chi connectivity index (χ0n) is 8.86. The van der Waals surface area contributed by atoms with E-state index in [1.807, 2.05) is 6.07 Å². The molecule has 0 radical (unpaired) electrons. The first-order valence-electron chi connectivity index (χ1n) is 5.04. The van der Waals surface area contributed by atoms with Crippen LogP contribution in [0.3, 0.4) is 0 Å². The molecule has 0 unspecified atom stereocenters. The number of benzene rings is 2. The van der Waals surface area contributed by atoms with E-state index in [9.17, 15) is 0 Å². The molecular weight excluding hydrogens is 211 g/mol. The third-order valence-electron chi connectivity index (χ3n) is 2.44. The van der Waals surface area contributed by atoms with E-state index in [4.69, 9.17) is 4.74 Å². The van der Waals surface area contributed by atoms with Crippen molar-refractivity contribution in [3.8, 4) is 5.75 Å². The fourth-order valence-corrected chi connectivity index (χ4v) is 2.63. The van der Waals surface area contributed by atoms with Gasteiger partial charge in [-0.3, -0.25) is 0 Å². The Bertz CT molecular complexity index is 491. The summed E-state index contributed by atoms with van der Waals surface area (Å²) >= 11 is 0.698. The van der Waals surface area contributed by atoms with Crippen LogP contribution in [-0.2, 0) is 0 Å². The van der Waals surface area contributed by atoms with Crippen molar-refractivity contribution in [2.24, 2.45) is 0 Å². The van der Waals surface area contributed by atoms with Crippen LogP contribution in [0.25, 0.3) is 10.8 Å². The molecule has 2 rings (SSSR count). The van der Waals surface area contributed by atoms with E-state index in [1.165, 1.54) is 10.4 Å². The number of ether oxygens (including phenoxy) is 1. The van der Waals surface area contributed by atoms with Gasteiger partial charge in [0.15, 0.2) is 0 Å². The Morgan fingerprint density at radius 3 is 2.93 bits per heavy atom. The Balaban J connectivity index is 2.45. The average molecular weight is 222 g/mol. The molecule has 2 aromatic carbocycles. The van der Waals surface area contributed by atoms with Crippen LogP contribution in [0.15, 0.2) is 49.1 Å². The molecule has 0 atom stereocenters.